The van der Waals surface area contributed by atoms with Gasteiger partial charge >= 0.3 is 0 Å². The molecule has 0 bridgehead atoms. The summed E-state index contributed by atoms with van der Waals surface area (Å²) in [6, 6.07) is 0. The number of hydroxylamine groups is 1. The van der Waals surface area contributed by atoms with Crippen molar-refractivity contribution >= 4 is 5.91 Å². The van der Waals surface area contributed by atoms with Gasteiger partial charge in [0, 0.05) is 6.54 Å². The zero-order valence-electron chi connectivity index (χ0n) is 11.5. The van der Waals surface area contributed by atoms with Crippen LogP contribution >= 0.6 is 0 Å². The molecule has 0 rings (SSSR count). The van der Waals surface area contributed by atoms with E-state index >= 15 is 0 Å². The number of hydrogen-bond donors (Lipinski definition) is 2. The van der Waals surface area contributed by atoms with Crippen LogP contribution in [0.2, 0.25) is 0 Å². The summed E-state index contributed by atoms with van der Waals surface area (Å²) in [6.07, 6.45) is 12.8. The van der Waals surface area contributed by atoms with Gasteiger partial charge in [-0.1, -0.05) is 45.1 Å². The third kappa shape index (κ3) is 13.2. The van der Waals surface area contributed by atoms with Crippen molar-refractivity contribution in [2.75, 3.05) is 13.1 Å². The van der Waals surface area contributed by atoms with Gasteiger partial charge in [0.15, 0.2) is 0 Å². The van der Waals surface area contributed by atoms with Gasteiger partial charge in [-0.15, -0.1) is 0 Å². The largest absolute Gasteiger partial charge is 0.788 e. The Kier molecular flexibility index (Phi) is 13.5. The van der Waals surface area contributed by atoms with Crippen molar-refractivity contribution in [3.8, 4) is 0 Å². The van der Waals surface area contributed by atoms with E-state index in [-0.39, 0.29) is 5.91 Å². The summed E-state index contributed by atoms with van der Waals surface area (Å²) in [6.45, 7) is 3.16. The van der Waals surface area contributed by atoms with Crippen LogP contribution in [0.15, 0.2) is 12.2 Å². The van der Waals surface area contributed by atoms with Crippen LogP contribution in [0, 0.1) is 5.21 Å². The normalized spacial score (nSPS) is 11.0. The van der Waals surface area contributed by atoms with E-state index in [2.05, 4.69) is 12.2 Å². The first-order chi connectivity index (χ1) is 8.81. The first-order valence-corrected chi connectivity index (χ1v) is 7.10. The average Bonchev–Trinajstić information content (AvgIpc) is 2.38. The summed E-state index contributed by atoms with van der Waals surface area (Å²) in [5.41, 5.74) is 1.80. The Morgan fingerprint density at radius 1 is 1.06 bits per heavy atom. The molecule has 4 nitrogen and oxygen atoms in total. The summed E-state index contributed by atoms with van der Waals surface area (Å²) in [5, 5.41) is 12.7. The Morgan fingerprint density at radius 3 is 2.50 bits per heavy atom. The molecule has 18 heavy (non-hydrogen) atoms. The maximum Gasteiger partial charge on any atom is 0.243 e. The molecule has 1 amide bonds. The Labute approximate surface area is 111 Å². The van der Waals surface area contributed by atoms with E-state index in [0.29, 0.717) is 19.5 Å². The van der Waals surface area contributed by atoms with Gasteiger partial charge in [0.2, 0.25) is 5.91 Å². The molecule has 0 heterocycles. The lowest BCUT2D eigenvalue weighted by atomic mass is 10.1. The van der Waals surface area contributed by atoms with E-state index in [9.17, 15) is 10.0 Å². The Morgan fingerprint density at radius 2 is 1.78 bits per heavy atom. The molecule has 0 fully saturated rings. The highest BCUT2D eigenvalue weighted by Gasteiger charge is 1.93. The quantitative estimate of drug-likeness (QED) is 0.320. The first kappa shape index (κ1) is 17.1. The Bertz CT molecular complexity index is 218. The molecule has 0 aliphatic carbocycles. The van der Waals surface area contributed by atoms with Crippen LogP contribution in [0.25, 0.3) is 0 Å². The Balaban J connectivity index is 3.27. The van der Waals surface area contributed by atoms with Crippen LogP contribution in [0.1, 0.15) is 58.3 Å². The van der Waals surface area contributed by atoms with Crippen molar-refractivity contribution in [2.45, 2.75) is 58.3 Å². The van der Waals surface area contributed by atoms with Crippen molar-refractivity contribution < 1.29 is 4.79 Å². The van der Waals surface area contributed by atoms with Crippen LogP contribution in [-0.2, 0) is 4.79 Å². The van der Waals surface area contributed by atoms with E-state index in [4.69, 9.17) is 0 Å². The number of carbonyl (C=O) groups excluding carboxylic acids is 1. The summed E-state index contributed by atoms with van der Waals surface area (Å²) < 4.78 is 0. The lowest BCUT2D eigenvalue weighted by molar-refractivity contribution is -0.116. The topological polar surface area (TPSA) is 64.2 Å². The Hall–Kier alpha value is -0.870. The van der Waals surface area contributed by atoms with Crippen LogP contribution < -0.4 is 10.8 Å². The second-order valence-electron chi connectivity index (χ2n) is 4.50. The molecule has 0 aromatic carbocycles. The second kappa shape index (κ2) is 14.2. The standard InChI is InChI=1S/C14H27N2O2/c1-2-3-4-5-6-7-8-9-11-14(17)15-12-10-13-16-18/h9,11,16H,2-8,10,12-13H2,1H3,(H,15,17)/q-1. The van der Waals surface area contributed by atoms with Crippen molar-refractivity contribution in [1.82, 2.24) is 10.8 Å². The minimum absolute atomic E-state index is 0.0631. The molecule has 0 saturated carbocycles. The van der Waals surface area contributed by atoms with Crippen LogP contribution in [0.3, 0.4) is 0 Å². The molecular formula is C14H27N2O2-. The number of carbonyl (C=O) groups is 1. The van der Waals surface area contributed by atoms with Gasteiger partial charge in [-0.2, -0.15) is 0 Å². The van der Waals surface area contributed by atoms with E-state index in [0.717, 1.165) is 12.8 Å². The minimum atomic E-state index is -0.0631. The first-order valence-electron chi connectivity index (χ1n) is 7.10. The molecule has 2 N–H and O–H groups in total. The maximum absolute atomic E-state index is 11.3. The molecule has 0 atom stereocenters. The molecular weight excluding hydrogens is 228 g/mol. The molecule has 0 unspecified atom stereocenters. The lowest BCUT2D eigenvalue weighted by Crippen LogP contribution is -2.24. The van der Waals surface area contributed by atoms with Gasteiger partial charge in [0.25, 0.3) is 0 Å². The van der Waals surface area contributed by atoms with Crippen molar-refractivity contribution in [3.63, 3.8) is 0 Å². The van der Waals surface area contributed by atoms with Gasteiger partial charge in [0.1, 0.15) is 0 Å². The average molecular weight is 255 g/mol. The fourth-order valence-corrected chi connectivity index (χ4v) is 1.66. The van der Waals surface area contributed by atoms with Crippen LogP contribution in [-0.4, -0.2) is 19.0 Å². The lowest BCUT2D eigenvalue weighted by Gasteiger charge is -2.06. The van der Waals surface area contributed by atoms with Crippen molar-refractivity contribution in [3.05, 3.63) is 17.4 Å². The summed E-state index contributed by atoms with van der Waals surface area (Å²) in [4.78, 5) is 11.3. The smallest absolute Gasteiger partial charge is 0.243 e. The molecule has 0 radical (unpaired) electrons. The number of nitrogens with one attached hydrogen (secondary N) is 2. The summed E-state index contributed by atoms with van der Waals surface area (Å²) >= 11 is 0. The highest BCUT2D eigenvalue weighted by atomic mass is 16.5. The van der Waals surface area contributed by atoms with Gasteiger partial charge in [-0.25, -0.2) is 0 Å². The third-order valence-corrected chi connectivity index (χ3v) is 2.75. The van der Waals surface area contributed by atoms with E-state index in [1.807, 2.05) is 6.08 Å². The molecule has 0 aliphatic rings. The van der Waals surface area contributed by atoms with E-state index in [1.165, 1.54) is 32.1 Å². The molecule has 0 spiro atoms. The third-order valence-electron chi connectivity index (χ3n) is 2.75. The minimum Gasteiger partial charge on any atom is -0.788 e. The van der Waals surface area contributed by atoms with Gasteiger partial charge in [0.05, 0.1) is 0 Å². The molecule has 4 heteroatoms. The second-order valence-corrected chi connectivity index (χ2v) is 4.50. The zero-order valence-corrected chi connectivity index (χ0v) is 11.5. The molecule has 0 saturated heterocycles. The number of unbranched alkanes of at least 4 members (excludes halogenated alkanes) is 6. The molecule has 0 aromatic heterocycles. The number of allylic oxidation sites excluding steroid dienone is 1. The van der Waals surface area contributed by atoms with Crippen molar-refractivity contribution in [2.24, 2.45) is 0 Å². The predicted molar refractivity (Wildman–Crippen MR) is 76.1 cm³/mol. The van der Waals surface area contributed by atoms with Gasteiger partial charge in [-0.3, -0.25) is 4.79 Å². The van der Waals surface area contributed by atoms with E-state index in [1.54, 1.807) is 11.6 Å². The maximum atomic E-state index is 11.3. The molecule has 106 valence electrons. The monoisotopic (exact) mass is 255 g/mol. The highest BCUT2D eigenvalue weighted by Crippen LogP contribution is 2.06. The molecule has 0 aromatic rings. The van der Waals surface area contributed by atoms with Gasteiger partial charge < -0.3 is 16.0 Å². The van der Waals surface area contributed by atoms with Crippen LogP contribution in [0.4, 0.5) is 0 Å². The number of rotatable bonds is 12. The fraction of sp³-hybridized carbons (Fsp3) is 0.786. The van der Waals surface area contributed by atoms with E-state index < -0.39 is 0 Å². The summed E-state index contributed by atoms with van der Waals surface area (Å²) in [7, 11) is 0. The predicted octanol–water partition coefficient (Wildman–Crippen LogP) is 2.89. The summed E-state index contributed by atoms with van der Waals surface area (Å²) in [5.74, 6) is -0.0631. The van der Waals surface area contributed by atoms with Crippen molar-refractivity contribution in [1.29, 1.82) is 0 Å². The SMILES string of the molecule is CCCCCCCCC=CC(=O)NCCCN[O-]. The number of hydrogen-bond acceptors (Lipinski definition) is 3. The zero-order chi connectivity index (χ0) is 13.5. The molecule has 0 aliphatic heterocycles. The van der Waals surface area contributed by atoms with Gasteiger partial charge in [-0.05, 0) is 31.9 Å². The highest BCUT2D eigenvalue weighted by molar-refractivity contribution is 5.87. The number of amides is 1. The van der Waals surface area contributed by atoms with Crippen LogP contribution in [0.5, 0.6) is 0 Å². The fourth-order valence-electron chi connectivity index (χ4n) is 1.66.